The van der Waals surface area contributed by atoms with Crippen LogP contribution in [0, 0.1) is 0 Å². The second kappa shape index (κ2) is 8.67. The van der Waals surface area contributed by atoms with E-state index in [0.717, 1.165) is 68.0 Å². The Morgan fingerprint density at radius 3 is 2.81 bits per heavy atom. The van der Waals surface area contributed by atoms with Gasteiger partial charge in [-0.3, -0.25) is 9.48 Å². The molecule has 6 nitrogen and oxygen atoms in total. The van der Waals surface area contributed by atoms with E-state index in [1.807, 2.05) is 27.9 Å². The average Bonchev–Trinajstić information content (AvgIpc) is 3.45. The van der Waals surface area contributed by atoms with E-state index in [0.29, 0.717) is 6.42 Å². The van der Waals surface area contributed by atoms with E-state index in [1.165, 1.54) is 10.1 Å². The number of benzene rings is 1. The van der Waals surface area contributed by atoms with E-state index in [9.17, 15) is 4.79 Å². The van der Waals surface area contributed by atoms with Gasteiger partial charge in [-0.1, -0.05) is 25.1 Å². The van der Waals surface area contributed by atoms with Gasteiger partial charge in [-0.05, 0) is 36.4 Å². The van der Waals surface area contributed by atoms with Crippen molar-refractivity contribution in [2.75, 3.05) is 31.1 Å². The lowest BCUT2D eigenvalue weighted by Crippen LogP contribution is -2.49. The first-order chi connectivity index (χ1) is 15.2. The van der Waals surface area contributed by atoms with Crippen LogP contribution in [0.15, 0.2) is 48.0 Å². The highest BCUT2D eigenvalue weighted by molar-refractivity contribution is 7.17. The van der Waals surface area contributed by atoms with Crippen LogP contribution in [0.1, 0.15) is 25.5 Å². The van der Waals surface area contributed by atoms with Gasteiger partial charge in [-0.15, -0.1) is 11.3 Å². The largest absolute Gasteiger partial charge is 0.353 e. The van der Waals surface area contributed by atoms with E-state index in [2.05, 4.69) is 46.6 Å². The summed E-state index contributed by atoms with van der Waals surface area (Å²) < 4.78 is 3.30. The van der Waals surface area contributed by atoms with Crippen LogP contribution < -0.4 is 4.90 Å². The van der Waals surface area contributed by atoms with Gasteiger partial charge in [-0.2, -0.15) is 5.10 Å². The van der Waals surface area contributed by atoms with Crippen LogP contribution in [0.3, 0.4) is 0 Å². The molecule has 4 aromatic rings. The van der Waals surface area contributed by atoms with E-state index in [-0.39, 0.29) is 5.91 Å². The fourth-order valence-corrected chi connectivity index (χ4v) is 5.17. The second-order valence-electron chi connectivity index (χ2n) is 8.02. The molecule has 1 aliphatic heterocycles. The number of hydrogen-bond donors (Lipinski definition) is 0. The summed E-state index contributed by atoms with van der Waals surface area (Å²) in [6.45, 7) is 6.10. The fraction of sp³-hybridized carbons (Fsp3) is 0.375. The Morgan fingerprint density at radius 2 is 1.97 bits per heavy atom. The first-order valence-electron chi connectivity index (χ1n) is 11.0. The number of carbonyl (C=O) groups excluding carboxylic acids is 1. The predicted molar refractivity (Wildman–Crippen MR) is 127 cm³/mol. The summed E-state index contributed by atoms with van der Waals surface area (Å²) in [5.41, 5.74) is 2.26. The molecule has 3 aromatic heterocycles. The van der Waals surface area contributed by atoms with Gasteiger partial charge < -0.3 is 9.80 Å². The number of thiophene rings is 1. The number of nitrogens with zero attached hydrogens (tertiary/aromatic N) is 5. The molecule has 0 aliphatic carbocycles. The number of carbonyl (C=O) groups is 1. The number of piperazine rings is 1. The number of hydrogen-bond acceptors (Lipinski definition) is 5. The Kier molecular flexibility index (Phi) is 5.59. The minimum Gasteiger partial charge on any atom is -0.353 e. The molecule has 1 fully saturated rings. The summed E-state index contributed by atoms with van der Waals surface area (Å²) in [7, 11) is 0. The molecule has 7 heteroatoms. The standard InChI is InChI=1S/C24H27N5OS/c1-2-19-16-22-20(9-15-31-22)24(26-19)28-13-11-27(12-14-28)23(30)8-5-10-29-21-7-4-3-6-18(21)17-25-29/h3-4,6-7,9,15-17H,2,5,8,10-14H2,1H3. The Hall–Kier alpha value is -2.93. The number of para-hydroxylation sites is 1. The van der Waals surface area contributed by atoms with Gasteiger partial charge in [0.15, 0.2) is 0 Å². The van der Waals surface area contributed by atoms with Crippen molar-refractivity contribution in [2.45, 2.75) is 32.7 Å². The van der Waals surface area contributed by atoms with Crippen LogP contribution in [-0.4, -0.2) is 51.8 Å². The number of pyridine rings is 1. The van der Waals surface area contributed by atoms with Crippen LogP contribution in [-0.2, 0) is 17.8 Å². The van der Waals surface area contributed by atoms with Crippen LogP contribution in [0.2, 0.25) is 0 Å². The molecule has 31 heavy (non-hydrogen) atoms. The molecule has 4 heterocycles. The van der Waals surface area contributed by atoms with Gasteiger partial charge in [0.1, 0.15) is 5.82 Å². The monoisotopic (exact) mass is 433 g/mol. The Bertz CT molecular complexity index is 1210. The van der Waals surface area contributed by atoms with Crippen molar-refractivity contribution >= 4 is 44.1 Å². The normalized spacial score (nSPS) is 14.6. The van der Waals surface area contributed by atoms with Crippen molar-refractivity contribution in [3.05, 3.63) is 53.7 Å². The molecule has 0 saturated carbocycles. The molecule has 0 N–H and O–H groups in total. The van der Waals surface area contributed by atoms with Crippen molar-refractivity contribution < 1.29 is 4.79 Å². The molecule has 5 rings (SSSR count). The van der Waals surface area contributed by atoms with Crippen LogP contribution in [0.25, 0.3) is 21.0 Å². The lowest BCUT2D eigenvalue weighted by atomic mass is 10.2. The van der Waals surface area contributed by atoms with Gasteiger partial charge in [-0.25, -0.2) is 4.98 Å². The first-order valence-corrected chi connectivity index (χ1v) is 11.9. The third-order valence-corrected chi connectivity index (χ3v) is 6.95. The third kappa shape index (κ3) is 4.02. The van der Waals surface area contributed by atoms with Gasteiger partial charge in [0.25, 0.3) is 0 Å². The smallest absolute Gasteiger partial charge is 0.222 e. The maximum Gasteiger partial charge on any atom is 0.222 e. The van der Waals surface area contributed by atoms with Gasteiger partial charge in [0.05, 0.1) is 11.7 Å². The third-order valence-electron chi connectivity index (χ3n) is 6.09. The molecule has 0 bridgehead atoms. The maximum atomic E-state index is 12.8. The zero-order valence-corrected chi connectivity index (χ0v) is 18.6. The number of anilines is 1. The molecule has 1 aromatic carbocycles. The predicted octanol–water partition coefficient (Wildman–Crippen LogP) is 4.34. The molecule has 0 radical (unpaired) electrons. The van der Waals surface area contributed by atoms with Crippen LogP contribution >= 0.6 is 11.3 Å². The zero-order valence-electron chi connectivity index (χ0n) is 17.8. The summed E-state index contributed by atoms with van der Waals surface area (Å²) in [5.74, 6) is 1.32. The van der Waals surface area contributed by atoms with E-state index < -0.39 is 0 Å². The topological polar surface area (TPSA) is 54.3 Å². The molecule has 0 unspecified atom stereocenters. The van der Waals surface area contributed by atoms with Crippen molar-refractivity contribution in [3.63, 3.8) is 0 Å². The SMILES string of the molecule is CCc1cc2sccc2c(N2CCN(C(=O)CCCn3ncc4ccccc43)CC2)n1. The molecular weight excluding hydrogens is 406 g/mol. The van der Waals surface area contributed by atoms with E-state index in [4.69, 9.17) is 4.98 Å². The molecular formula is C24H27N5OS. The summed E-state index contributed by atoms with van der Waals surface area (Å²) in [5, 5.41) is 8.97. The fourth-order valence-electron chi connectivity index (χ4n) is 4.33. The number of aryl methyl sites for hydroxylation is 2. The van der Waals surface area contributed by atoms with Crippen molar-refractivity contribution in [1.82, 2.24) is 19.7 Å². The first kappa shape index (κ1) is 20.0. The van der Waals surface area contributed by atoms with Gasteiger partial charge in [0, 0.05) is 60.3 Å². The summed E-state index contributed by atoms with van der Waals surface area (Å²) in [4.78, 5) is 22.0. The van der Waals surface area contributed by atoms with E-state index in [1.54, 1.807) is 11.3 Å². The second-order valence-corrected chi connectivity index (χ2v) is 8.97. The highest BCUT2D eigenvalue weighted by Crippen LogP contribution is 2.30. The molecule has 0 spiro atoms. The highest BCUT2D eigenvalue weighted by Gasteiger charge is 2.23. The number of amides is 1. The van der Waals surface area contributed by atoms with E-state index >= 15 is 0 Å². The highest BCUT2D eigenvalue weighted by atomic mass is 32.1. The average molecular weight is 434 g/mol. The van der Waals surface area contributed by atoms with Gasteiger partial charge in [0.2, 0.25) is 5.91 Å². The lowest BCUT2D eigenvalue weighted by Gasteiger charge is -2.36. The Balaban J connectivity index is 1.17. The summed E-state index contributed by atoms with van der Waals surface area (Å²) >= 11 is 1.77. The minimum absolute atomic E-state index is 0.243. The Morgan fingerprint density at radius 1 is 1.13 bits per heavy atom. The maximum absolute atomic E-state index is 12.8. The summed E-state index contributed by atoms with van der Waals surface area (Å²) in [6, 6.07) is 12.6. The quantitative estimate of drug-likeness (QED) is 0.454. The number of rotatable bonds is 6. The Labute approximate surface area is 186 Å². The minimum atomic E-state index is 0.243. The molecule has 0 atom stereocenters. The van der Waals surface area contributed by atoms with Crippen LogP contribution in [0.4, 0.5) is 5.82 Å². The molecule has 1 saturated heterocycles. The van der Waals surface area contributed by atoms with Crippen molar-refractivity contribution in [3.8, 4) is 0 Å². The van der Waals surface area contributed by atoms with Crippen LogP contribution in [0.5, 0.6) is 0 Å². The van der Waals surface area contributed by atoms with Gasteiger partial charge >= 0.3 is 0 Å². The number of aromatic nitrogens is 3. The summed E-state index contributed by atoms with van der Waals surface area (Å²) in [6.07, 6.45) is 4.19. The number of fused-ring (bicyclic) bond motifs is 2. The lowest BCUT2D eigenvalue weighted by molar-refractivity contribution is -0.131. The zero-order chi connectivity index (χ0) is 21.2. The molecule has 1 amide bonds. The molecule has 160 valence electrons. The van der Waals surface area contributed by atoms with Crippen molar-refractivity contribution in [1.29, 1.82) is 0 Å². The molecule has 1 aliphatic rings. The van der Waals surface area contributed by atoms with Crippen molar-refractivity contribution in [2.24, 2.45) is 0 Å².